The first-order valence-electron chi connectivity index (χ1n) is 8.52. The van der Waals surface area contributed by atoms with Crippen molar-refractivity contribution in [2.75, 3.05) is 31.5 Å². The van der Waals surface area contributed by atoms with Gasteiger partial charge >= 0.3 is 12.2 Å². The lowest BCUT2D eigenvalue weighted by molar-refractivity contribution is -0.136. The summed E-state index contributed by atoms with van der Waals surface area (Å²) < 4.78 is 39.1. The SMILES string of the molecule is O=C(Nc1ccccc1C(F)(F)F)N1CCN(Cc2ccccc2Cl)CC1. The number of rotatable bonds is 3. The van der Waals surface area contributed by atoms with Crippen LogP contribution in [-0.2, 0) is 12.7 Å². The van der Waals surface area contributed by atoms with Gasteiger partial charge in [-0.05, 0) is 23.8 Å². The average molecular weight is 398 g/mol. The number of alkyl halides is 3. The number of carbonyl (C=O) groups is 1. The summed E-state index contributed by atoms with van der Waals surface area (Å²) in [6.45, 7) is 2.79. The second-order valence-electron chi connectivity index (χ2n) is 6.33. The molecule has 144 valence electrons. The number of piperazine rings is 1. The molecule has 2 aromatic rings. The second-order valence-corrected chi connectivity index (χ2v) is 6.74. The highest BCUT2D eigenvalue weighted by molar-refractivity contribution is 6.31. The van der Waals surface area contributed by atoms with Crippen LogP contribution in [0.1, 0.15) is 11.1 Å². The Morgan fingerprint density at radius 3 is 2.30 bits per heavy atom. The van der Waals surface area contributed by atoms with E-state index >= 15 is 0 Å². The third-order valence-electron chi connectivity index (χ3n) is 4.49. The van der Waals surface area contributed by atoms with Crippen molar-refractivity contribution in [2.45, 2.75) is 12.7 Å². The fraction of sp³-hybridized carbons (Fsp3) is 0.316. The van der Waals surface area contributed by atoms with Crippen molar-refractivity contribution in [1.82, 2.24) is 9.80 Å². The molecule has 0 saturated carbocycles. The predicted molar refractivity (Wildman–Crippen MR) is 98.8 cm³/mol. The number of amides is 2. The van der Waals surface area contributed by atoms with Gasteiger partial charge in [-0.1, -0.05) is 41.9 Å². The number of nitrogens with zero attached hydrogens (tertiary/aromatic N) is 2. The van der Waals surface area contributed by atoms with E-state index in [0.717, 1.165) is 11.6 Å². The van der Waals surface area contributed by atoms with Crippen LogP contribution in [0.25, 0.3) is 0 Å². The van der Waals surface area contributed by atoms with Crippen LogP contribution in [-0.4, -0.2) is 42.0 Å². The molecular formula is C19H19ClF3N3O. The molecule has 0 atom stereocenters. The number of hydrogen-bond donors (Lipinski definition) is 1. The maximum atomic E-state index is 13.0. The highest BCUT2D eigenvalue weighted by Crippen LogP contribution is 2.34. The number of hydrogen-bond acceptors (Lipinski definition) is 2. The minimum Gasteiger partial charge on any atom is -0.322 e. The number of halogens is 4. The molecule has 0 aromatic heterocycles. The van der Waals surface area contributed by atoms with Crippen LogP contribution in [0.5, 0.6) is 0 Å². The van der Waals surface area contributed by atoms with Crippen molar-refractivity contribution in [3.05, 3.63) is 64.7 Å². The van der Waals surface area contributed by atoms with Crippen LogP contribution in [0.3, 0.4) is 0 Å². The molecule has 2 aromatic carbocycles. The maximum Gasteiger partial charge on any atom is 0.418 e. The van der Waals surface area contributed by atoms with E-state index in [4.69, 9.17) is 11.6 Å². The van der Waals surface area contributed by atoms with Gasteiger partial charge in [-0.2, -0.15) is 13.2 Å². The molecular weight excluding hydrogens is 379 g/mol. The molecule has 1 aliphatic heterocycles. The molecule has 4 nitrogen and oxygen atoms in total. The van der Waals surface area contributed by atoms with Gasteiger partial charge in [0, 0.05) is 37.7 Å². The van der Waals surface area contributed by atoms with Gasteiger partial charge in [0.15, 0.2) is 0 Å². The van der Waals surface area contributed by atoms with E-state index in [9.17, 15) is 18.0 Å². The van der Waals surface area contributed by atoms with Gasteiger partial charge in [0.1, 0.15) is 0 Å². The van der Waals surface area contributed by atoms with E-state index in [2.05, 4.69) is 10.2 Å². The Bertz CT molecular complexity index is 805. The fourth-order valence-corrected chi connectivity index (χ4v) is 3.21. The molecule has 1 heterocycles. The number of nitrogens with one attached hydrogen (secondary N) is 1. The number of benzene rings is 2. The minimum atomic E-state index is -4.52. The van der Waals surface area contributed by atoms with Crippen LogP contribution in [0, 0.1) is 0 Å². The molecule has 1 N–H and O–H groups in total. The van der Waals surface area contributed by atoms with Crippen molar-refractivity contribution >= 4 is 23.3 Å². The minimum absolute atomic E-state index is 0.228. The van der Waals surface area contributed by atoms with Crippen LogP contribution < -0.4 is 5.32 Å². The van der Waals surface area contributed by atoms with Crippen molar-refractivity contribution < 1.29 is 18.0 Å². The zero-order valence-corrected chi connectivity index (χ0v) is 15.2. The van der Waals surface area contributed by atoms with Gasteiger partial charge in [0.05, 0.1) is 11.3 Å². The summed E-state index contributed by atoms with van der Waals surface area (Å²) in [5, 5.41) is 3.08. The van der Waals surface area contributed by atoms with E-state index in [0.29, 0.717) is 37.7 Å². The number of carbonyl (C=O) groups excluding carboxylic acids is 1. The molecule has 1 aliphatic rings. The molecule has 0 bridgehead atoms. The standard InChI is InChI=1S/C19H19ClF3N3O/c20-16-7-3-1-5-14(16)13-25-9-11-26(12-10-25)18(27)24-17-8-4-2-6-15(17)19(21,22)23/h1-8H,9-13H2,(H,24,27). The van der Waals surface area contributed by atoms with Crippen LogP contribution in [0.2, 0.25) is 5.02 Å². The molecule has 0 radical (unpaired) electrons. The van der Waals surface area contributed by atoms with Gasteiger partial charge in [0.2, 0.25) is 0 Å². The van der Waals surface area contributed by atoms with Crippen LogP contribution in [0.4, 0.5) is 23.7 Å². The molecule has 8 heteroatoms. The van der Waals surface area contributed by atoms with Crippen molar-refractivity contribution in [1.29, 1.82) is 0 Å². The Morgan fingerprint density at radius 1 is 1.00 bits per heavy atom. The van der Waals surface area contributed by atoms with Gasteiger partial charge in [0.25, 0.3) is 0 Å². The highest BCUT2D eigenvalue weighted by atomic mass is 35.5. The molecule has 0 unspecified atom stereocenters. The van der Waals surface area contributed by atoms with Gasteiger partial charge in [-0.25, -0.2) is 4.79 Å². The Balaban J connectivity index is 1.57. The normalized spacial score (nSPS) is 15.6. The number of para-hydroxylation sites is 1. The van der Waals surface area contributed by atoms with Crippen molar-refractivity contribution in [3.8, 4) is 0 Å². The fourth-order valence-electron chi connectivity index (χ4n) is 3.01. The monoisotopic (exact) mass is 397 g/mol. The van der Waals surface area contributed by atoms with Crippen LogP contribution >= 0.6 is 11.6 Å². The van der Waals surface area contributed by atoms with Crippen molar-refractivity contribution in [3.63, 3.8) is 0 Å². The van der Waals surface area contributed by atoms with Gasteiger partial charge < -0.3 is 10.2 Å². The summed E-state index contributed by atoms with van der Waals surface area (Å²) in [7, 11) is 0. The molecule has 0 spiro atoms. The van der Waals surface area contributed by atoms with Gasteiger partial charge in [-0.15, -0.1) is 0 Å². The summed E-state index contributed by atoms with van der Waals surface area (Å²) in [5.74, 6) is 0. The molecule has 1 saturated heterocycles. The largest absolute Gasteiger partial charge is 0.418 e. The zero-order chi connectivity index (χ0) is 19.4. The number of urea groups is 1. The third kappa shape index (κ3) is 4.93. The Hall–Kier alpha value is -2.25. The average Bonchev–Trinajstić information content (AvgIpc) is 2.64. The first-order chi connectivity index (χ1) is 12.8. The maximum absolute atomic E-state index is 13.0. The third-order valence-corrected chi connectivity index (χ3v) is 4.85. The quantitative estimate of drug-likeness (QED) is 0.814. The smallest absolute Gasteiger partial charge is 0.322 e. The molecule has 3 rings (SSSR count). The summed E-state index contributed by atoms with van der Waals surface area (Å²) in [4.78, 5) is 16.1. The lowest BCUT2D eigenvalue weighted by atomic mass is 10.1. The summed E-state index contributed by atoms with van der Waals surface area (Å²) in [6, 6.07) is 12.0. The first-order valence-corrected chi connectivity index (χ1v) is 8.90. The number of anilines is 1. The van der Waals surface area contributed by atoms with E-state index in [-0.39, 0.29) is 5.69 Å². The summed E-state index contributed by atoms with van der Waals surface area (Å²) >= 11 is 6.17. The van der Waals surface area contributed by atoms with Crippen molar-refractivity contribution in [2.24, 2.45) is 0 Å². The van der Waals surface area contributed by atoms with Gasteiger partial charge in [-0.3, -0.25) is 4.90 Å². The van der Waals surface area contributed by atoms with Crippen LogP contribution in [0.15, 0.2) is 48.5 Å². The lowest BCUT2D eigenvalue weighted by Gasteiger charge is -2.35. The zero-order valence-electron chi connectivity index (χ0n) is 14.5. The summed E-state index contributed by atoms with van der Waals surface area (Å²) in [5.41, 5.74) is -0.0691. The molecule has 1 fully saturated rings. The lowest BCUT2D eigenvalue weighted by Crippen LogP contribution is -2.49. The molecule has 0 aliphatic carbocycles. The second kappa shape index (κ2) is 8.19. The topological polar surface area (TPSA) is 35.6 Å². The first kappa shape index (κ1) is 19.5. The Kier molecular flexibility index (Phi) is 5.92. The Labute approximate surface area is 160 Å². The van der Waals surface area contributed by atoms with E-state index in [1.54, 1.807) is 0 Å². The van der Waals surface area contributed by atoms with E-state index < -0.39 is 17.8 Å². The molecule has 2 amide bonds. The van der Waals surface area contributed by atoms with E-state index in [1.807, 2.05) is 24.3 Å². The predicted octanol–water partition coefficient (Wildman–Crippen LogP) is 4.71. The Morgan fingerprint density at radius 2 is 1.63 bits per heavy atom. The van der Waals surface area contributed by atoms with E-state index in [1.165, 1.54) is 23.1 Å². The molecule has 27 heavy (non-hydrogen) atoms. The highest BCUT2D eigenvalue weighted by Gasteiger charge is 2.34. The summed E-state index contributed by atoms with van der Waals surface area (Å²) in [6.07, 6.45) is -4.52.